The molecule has 0 aromatic heterocycles. The van der Waals surface area contributed by atoms with Gasteiger partial charge in [0.25, 0.3) is 0 Å². The van der Waals surface area contributed by atoms with Crippen molar-refractivity contribution in [1.29, 1.82) is 5.26 Å². The van der Waals surface area contributed by atoms with Gasteiger partial charge in [0.2, 0.25) is 10.0 Å². The Morgan fingerprint density at radius 3 is 2.70 bits per heavy atom. The van der Waals surface area contributed by atoms with Crippen LogP contribution in [0.4, 0.5) is 0 Å². The van der Waals surface area contributed by atoms with Crippen LogP contribution in [0, 0.1) is 11.3 Å². The number of nitrogens with one attached hydrogen (secondary N) is 1. The minimum Gasteiger partial charge on any atom is -0.479 e. The predicted octanol–water partition coefficient (Wildman–Crippen LogP) is 0.590. The number of rotatable bonds is 6. The number of carboxylic acid groups (broad SMARTS) is 1. The van der Waals surface area contributed by atoms with Crippen LogP contribution >= 0.6 is 11.6 Å². The minimum atomic E-state index is -3.99. The highest BCUT2D eigenvalue weighted by Gasteiger charge is 2.23. The molecule has 0 aliphatic carbocycles. The molecule has 0 radical (unpaired) electrons. The van der Waals surface area contributed by atoms with Gasteiger partial charge in [-0.2, -0.15) is 5.26 Å². The molecule has 0 bridgehead atoms. The first-order valence-corrected chi connectivity index (χ1v) is 7.13. The van der Waals surface area contributed by atoms with Crippen molar-refractivity contribution in [3.63, 3.8) is 0 Å². The Morgan fingerprint density at radius 1 is 1.60 bits per heavy atom. The summed E-state index contributed by atoms with van der Waals surface area (Å²) in [4.78, 5) is 10.5. The molecule has 1 aromatic rings. The maximum Gasteiger partial charge on any atom is 0.334 e. The summed E-state index contributed by atoms with van der Waals surface area (Å²) in [5.74, 6) is -1.29. The van der Waals surface area contributed by atoms with Crippen molar-refractivity contribution in [1.82, 2.24) is 4.72 Å². The lowest BCUT2D eigenvalue weighted by Gasteiger charge is -2.12. The van der Waals surface area contributed by atoms with Crippen LogP contribution in [-0.2, 0) is 19.6 Å². The van der Waals surface area contributed by atoms with E-state index in [1.165, 1.54) is 18.2 Å². The molecule has 0 aliphatic rings. The summed E-state index contributed by atoms with van der Waals surface area (Å²) in [6.07, 6.45) is -1.30. The van der Waals surface area contributed by atoms with Crippen molar-refractivity contribution in [2.45, 2.75) is 11.0 Å². The van der Waals surface area contributed by atoms with Crippen LogP contribution in [0.15, 0.2) is 23.1 Å². The highest BCUT2D eigenvalue weighted by molar-refractivity contribution is 7.89. The lowest BCUT2D eigenvalue weighted by molar-refractivity contribution is -0.147. The minimum absolute atomic E-state index is 0.124. The molecule has 1 rings (SSSR count). The average molecular weight is 319 g/mol. The van der Waals surface area contributed by atoms with E-state index in [1.807, 2.05) is 6.07 Å². The molecule has 1 aromatic carbocycles. The molecule has 2 N–H and O–H groups in total. The summed E-state index contributed by atoms with van der Waals surface area (Å²) in [5, 5.41) is 17.3. The maximum absolute atomic E-state index is 12.0. The highest BCUT2D eigenvalue weighted by atomic mass is 35.5. The molecule has 20 heavy (non-hydrogen) atoms. The zero-order chi connectivity index (χ0) is 15.3. The number of nitrogens with zero attached hydrogens (tertiary/aromatic N) is 1. The van der Waals surface area contributed by atoms with E-state index in [0.717, 1.165) is 7.11 Å². The molecule has 0 spiro atoms. The number of nitriles is 1. The molecular formula is C11H11ClN2O5S. The van der Waals surface area contributed by atoms with Gasteiger partial charge in [-0.05, 0) is 18.2 Å². The van der Waals surface area contributed by atoms with Gasteiger partial charge in [-0.15, -0.1) is 0 Å². The number of carboxylic acids is 1. The first-order valence-electron chi connectivity index (χ1n) is 5.26. The van der Waals surface area contributed by atoms with E-state index < -0.39 is 28.6 Å². The van der Waals surface area contributed by atoms with Crippen LogP contribution in [0.5, 0.6) is 0 Å². The third kappa shape index (κ3) is 3.91. The van der Waals surface area contributed by atoms with Crippen LogP contribution in [0.3, 0.4) is 0 Å². The van der Waals surface area contributed by atoms with Gasteiger partial charge < -0.3 is 9.84 Å². The number of sulfonamides is 1. The van der Waals surface area contributed by atoms with Crippen LogP contribution in [0.2, 0.25) is 5.02 Å². The van der Waals surface area contributed by atoms with Gasteiger partial charge in [0.15, 0.2) is 6.10 Å². The monoisotopic (exact) mass is 318 g/mol. The van der Waals surface area contributed by atoms with E-state index in [1.54, 1.807) is 0 Å². The summed E-state index contributed by atoms with van der Waals surface area (Å²) in [6.45, 7) is -0.440. The second-order valence-electron chi connectivity index (χ2n) is 3.67. The first kappa shape index (κ1) is 16.4. The molecule has 1 atom stereocenters. The van der Waals surface area contributed by atoms with Gasteiger partial charge in [0.05, 0.1) is 16.7 Å². The molecule has 1 unspecified atom stereocenters. The fraction of sp³-hybridized carbons (Fsp3) is 0.273. The van der Waals surface area contributed by atoms with Crippen molar-refractivity contribution in [2.75, 3.05) is 13.7 Å². The van der Waals surface area contributed by atoms with Crippen LogP contribution in [-0.4, -0.2) is 39.3 Å². The van der Waals surface area contributed by atoms with Crippen molar-refractivity contribution >= 4 is 27.6 Å². The van der Waals surface area contributed by atoms with Crippen molar-refractivity contribution in [2.24, 2.45) is 0 Å². The number of aliphatic carboxylic acids is 1. The molecular weight excluding hydrogens is 308 g/mol. The predicted molar refractivity (Wildman–Crippen MR) is 69.8 cm³/mol. The van der Waals surface area contributed by atoms with Crippen molar-refractivity contribution in [3.8, 4) is 6.07 Å². The number of halogens is 1. The molecule has 0 heterocycles. The summed E-state index contributed by atoms with van der Waals surface area (Å²) >= 11 is 5.79. The normalized spacial score (nSPS) is 12.7. The molecule has 0 saturated carbocycles. The Kier molecular flexibility index (Phi) is 5.47. The zero-order valence-corrected chi connectivity index (χ0v) is 11.9. The van der Waals surface area contributed by atoms with E-state index in [-0.39, 0.29) is 15.5 Å². The summed E-state index contributed by atoms with van der Waals surface area (Å²) in [7, 11) is -2.83. The van der Waals surface area contributed by atoms with Crippen molar-refractivity contribution < 1.29 is 23.1 Å². The van der Waals surface area contributed by atoms with E-state index in [9.17, 15) is 13.2 Å². The van der Waals surface area contributed by atoms with E-state index in [0.29, 0.717) is 0 Å². The second kappa shape index (κ2) is 6.67. The summed E-state index contributed by atoms with van der Waals surface area (Å²) in [6, 6.07) is 5.50. The van der Waals surface area contributed by atoms with Gasteiger partial charge in [0.1, 0.15) is 4.90 Å². The quantitative estimate of drug-likeness (QED) is 0.793. The van der Waals surface area contributed by atoms with Crippen LogP contribution < -0.4 is 4.72 Å². The number of hydrogen-bond donors (Lipinski definition) is 2. The van der Waals surface area contributed by atoms with Crippen molar-refractivity contribution in [3.05, 3.63) is 28.8 Å². The third-order valence-electron chi connectivity index (χ3n) is 2.37. The Bertz CT molecular complexity index is 653. The topological polar surface area (TPSA) is 116 Å². The molecule has 0 saturated heterocycles. The molecule has 108 valence electrons. The number of hydrogen-bond acceptors (Lipinski definition) is 5. The third-order valence-corrected chi connectivity index (χ3v) is 4.28. The van der Waals surface area contributed by atoms with E-state index in [2.05, 4.69) is 9.46 Å². The largest absolute Gasteiger partial charge is 0.479 e. The van der Waals surface area contributed by atoms with E-state index in [4.69, 9.17) is 22.0 Å². The van der Waals surface area contributed by atoms with Gasteiger partial charge in [0, 0.05) is 13.7 Å². The fourth-order valence-electron chi connectivity index (χ4n) is 1.32. The molecule has 0 fully saturated rings. The Hall–Kier alpha value is -1.66. The van der Waals surface area contributed by atoms with Crippen LogP contribution in [0.1, 0.15) is 5.56 Å². The number of ether oxygens (including phenoxy) is 1. The second-order valence-corrected chi connectivity index (χ2v) is 5.81. The van der Waals surface area contributed by atoms with Gasteiger partial charge in [-0.3, -0.25) is 0 Å². The van der Waals surface area contributed by atoms with Gasteiger partial charge >= 0.3 is 5.97 Å². The number of carbonyl (C=O) groups is 1. The number of methoxy groups -OCH3 is 1. The van der Waals surface area contributed by atoms with Crippen LogP contribution in [0.25, 0.3) is 0 Å². The standard InChI is InChI=1S/C11H11ClN2O5S/c1-19-9(11(15)16)6-14-20(17,18)10-3-2-7(5-13)4-8(10)12/h2-4,9,14H,6H2,1H3,(H,15,16). The Balaban J connectivity index is 2.95. The SMILES string of the molecule is COC(CNS(=O)(=O)c1ccc(C#N)cc1Cl)C(=O)O. The molecule has 7 nitrogen and oxygen atoms in total. The lowest BCUT2D eigenvalue weighted by atomic mass is 10.2. The lowest BCUT2D eigenvalue weighted by Crippen LogP contribution is -2.37. The maximum atomic E-state index is 12.0. The first-order chi connectivity index (χ1) is 9.31. The van der Waals surface area contributed by atoms with Gasteiger partial charge in [-0.25, -0.2) is 17.9 Å². The Morgan fingerprint density at radius 2 is 2.25 bits per heavy atom. The van der Waals surface area contributed by atoms with Gasteiger partial charge in [-0.1, -0.05) is 11.6 Å². The zero-order valence-electron chi connectivity index (χ0n) is 10.3. The fourth-order valence-corrected chi connectivity index (χ4v) is 2.90. The molecule has 9 heteroatoms. The van der Waals surface area contributed by atoms with E-state index >= 15 is 0 Å². The number of benzene rings is 1. The highest BCUT2D eigenvalue weighted by Crippen LogP contribution is 2.22. The molecule has 0 aliphatic heterocycles. The summed E-state index contributed by atoms with van der Waals surface area (Å²) < 4.78 is 30.6. The smallest absolute Gasteiger partial charge is 0.334 e. The average Bonchev–Trinajstić information content (AvgIpc) is 2.38. The summed E-state index contributed by atoms with van der Waals surface area (Å²) in [5.41, 5.74) is 0.217. The molecule has 0 amide bonds. The Labute approximate surface area is 120 Å².